The molecule has 32 heavy (non-hydrogen) atoms. The fraction of sp³-hybridized carbons (Fsp3) is 0.160. The summed E-state index contributed by atoms with van der Waals surface area (Å²) >= 11 is 5.96. The molecule has 162 valence electrons. The maximum absolute atomic E-state index is 13.2. The third kappa shape index (κ3) is 4.09. The third-order valence-electron chi connectivity index (χ3n) is 5.62. The molecule has 3 aromatic carbocycles. The predicted octanol–water partition coefficient (Wildman–Crippen LogP) is 4.80. The SMILES string of the molecule is CCC1(c2ccc(Cl)cc2)NC(=O)N(CC(=O)Nc2ccc(-c3ccccc3)cc2)C1=O. The average Bonchev–Trinajstić information content (AvgIpc) is 3.05. The van der Waals surface area contributed by atoms with Crippen molar-refractivity contribution in [3.8, 4) is 11.1 Å². The normalized spacial score (nSPS) is 17.9. The van der Waals surface area contributed by atoms with Gasteiger partial charge >= 0.3 is 6.03 Å². The number of nitrogens with zero attached hydrogens (tertiary/aromatic N) is 1. The van der Waals surface area contributed by atoms with E-state index in [1.165, 1.54) is 0 Å². The van der Waals surface area contributed by atoms with E-state index in [-0.39, 0.29) is 6.54 Å². The molecule has 6 nitrogen and oxygen atoms in total. The van der Waals surface area contributed by atoms with Gasteiger partial charge < -0.3 is 10.6 Å². The van der Waals surface area contributed by atoms with Crippen molar-refractivity contribution in [1.29, 1.82) is 0 Å². The topological polar surface area (TPSA) is 78.5 Å². The first-order valence-corrected chi connectivity index (χ1v) is 10.7. The minimum atomic E-state index is -1.21. The Kier molecular flexibility index (Phi) is 5.97. The highest BCUT2D eigenvalue weighted by molar-refractivity contribution is 6.30. The quantitative estimate of drug-likeness (QED) is 0.532. The van der Waals surface area contributed by atoms with Gasteiger partial charge in [0.2, 0.25) is 5.91 Å². The second-order valence-electron chi connectivity index (χ2n) is 7.58. The lowest BCUT2D eigenvalue weighted by molar-refractivity contribution is -0.134. The highest BCUT2D eigenvalue weighted by Crippen LogP contribution is 2.33. The Morgan fingerprint density at radius 3 is 2.19 bits per heavy atom. The number of rotatable bonds is 6. The molecule has 1 aliphatic heterocycles. The van der Waals surface area contributed by atoms with Gasteiger partial charge in [-0.15, -0.1) is 0 Å². The van der Waals surface area contributed by atoms with Crippen molar-refractivity contribution in [2.45, 2.75) is 18.9 Å². The minimum absolute atomic E-state index is 0.346. The van der Waals surface area contributed by atoms with Crippen LogP contribution in [0.4, 0.5) is 10.5 Å². The smallest absolute Gasteiger partial charge is 0.325 e. The zero-order chi connectivity index (χ0) is 22.7. The van der Waals surface area contributed by atoms with E-state index in [0.29, 0.717) is 22.7 Å². The number of urea groups is 1. The molecule has 0 aromatic heterocycles. The number of carbonyl (C=O) groups is 3. The number of carbonyl (C=O) groups excluding carboxylic acids is 3. The zero-order valence-corrected chi connectivity index (χ0v) is 18.2. The van der Waals surface area contributed by atoms with E-state index >= 15 is 0 Å². The van der Waals surface area contributed by atoms with Crippen LogP contribution >= 0.6 is 11.6 Å². The average molecular weight is 448 g/mol. The molecule has 1 heterocycles. The summed E-state index contributed by atoms with van der Waals surface area (Å²) in [5.41, 5.74) is 2.10. The van der Waals surface area contributed by atoms with Gasteiger partial charge in [-0.05, 0) is 47.4 Å². The Morgan fingerprint density at radius 1 is 0.938 bits per heavy atom. The van der Waals surface area contributed by atoms with Crippen molar-refractivity contribution in [1.82, 2.24) is 10.2 Å². The van der Waals surface area contributed by atoms with E-state index < -0.39 is 23.4 Å². The van der Waals surface area contributed by atoms with Gasteiger partial charge in [0.25, 0.3) is 5.91 Å². The highest BCUT2D eigenvalue weighted by Gasteiger charge is 2.51. The molecular formula is C25H22ClN3O3. The lowest BCUT2D eigenvalue weighted by atomic mass is 9.87. The van der Waals surface area contributed by atoms with Gasteiger partial charge in [-0.1, -0.05) is 73.1 Å². The lowest BCUT2D eigenvalue weighted by Gasteiger charge is -2.25. The molecule has 4 amide bonds. The van der Waals surface area contributed by atoms with Crippen molar-refractivity contribution < 1.29 is 14.4 Å². The molecule has 1 fully saturated rings. The van der Waals surface area contributed by atoms with Crippen LogP contribution in [-0.4, -0.2) is 29.3 Å². The predicted molar refractivity (Wildman–Crippen MR) is 124 cm³/mol. The van der Waals surface area contributed by atoms with Crippen LogP contribution in [-0.2, 0) is 15.1 Å². The maximum Gasteiger partial charge on any atom is 0.325 e. The number of amides is 4. The first-order valence-electron chi connectivity index (χ1n) is 10.3. The Balaban J connectivity index is 1.45. The molecule has 4 rings (SSSR count). The van der Waals surface area contributed by atoms with E-state index in [0.717, 1.165) is 16.0 Å². The summed E-state index contributed by atoms with van der Waals surface area (Å²) in [5.74, 6) is -0.911. The van der Waals surface area contributed by atoms with E-state index in [1.807, 2.05) is 49.4 Å². The highest BCUT2D eigenvalue weighted by atomic mass is 35.5. The third-order valence-corrected chi connectivity index (χ3v) is 5.87. The van der Waals surface area contributed by atoms with Crippen LogP contribution in [0.3, 0.4) is 0 Å². The second-order valence-corrected chi connectivity index (χ2v) is 8.02. The molecule has 3 aromatic rings. The van der Waals surface area contributed by atoms with Crippen LogP contribution in [0, 0.1) is 0 Å². The molecule has 1 unspecified atom stereocenters. The summed E-state index contributed by atoms with van der Waals surface area (Å²) in [6, 6.07) is 23.4. The molecule has 0 spiro atoms. The van der Waals surface area contributed by atoms with Crippen LogP contribution in [0.25, 0.3) is 11.1 Å². The summed E-state index contributed by atoms with van der Waals surface area (Å²) in [4.78, 5) is 39.3. The monoisotopic (exact) mass is 447 g/mol. The number of anilines is 1. The van der Waals surface area contributed by atoms with E-state index in [1.54, 1.807) is 36.4 Å². The number of nitrogens with one attached hydrogen (secondary N) is 2. The Morgan fingerprint density at radius 2 is 1.56 bits per heavy atom. The number of hydrogen-bond acceptors (Lipinski definition) is 3. The summed E-state index contributed by atoms with van der Waals surface area (Å²) in [6.07, 6.45) is 0.346. The maximum atomic E-state index is 13.2. The molecule has 0 radical (unpaired) electrons. The van der Waals surface area contributed by atoms with Crippen LogP contribution in [0.5, 0.6) is 0 Å². The van der Waals surface area contributed by atoms with Gasteiger partial charge in [-0.3, -0.25) is 14.5 Å². The molecular weight excluding hydrogens is 426 g/mol. The largest absolute Gasteiger partial charge is 0.325 e. The van der Waals surface area contributed by atoms with Crippen LogP contribution in [0.15, 0.2) is 78.9 Å². The molecule has 1 aliphatic rings. The second kappa shape index (κ2) is 8.85. The number of hydrogen-bond donors (Lipinski definition) is 2. The van der Waals surface area contributed by atoms with Gasteiger partial charge in [0.05, 0.1) is 0 Å². The Hall–Kier alpha value is -3.64. The first kappa shape index (κ1) is 21.6. The molecule has 0 bridgehead atoms. The van der Waals surface area contributed by atoms with Gasteiger partial charge in [-0.25, -0.2) is 4.79 Å². The van der Waals surface area contributed by atoms with Crippen molar-refractivity contribution in [2.24, 2.45) is 0 Å². The van der Waals surface area contributed by atoms with Crippen LogP contribution in [0.1, 0.15) is 18.9 Å². The van der Waals surface area contributed by atoms with Gasteiger partial charge in [0, 0.05) is 10.7 Å². The summed E-state index contributed by atoms with van der Waals surface area (Å²) in [7, 11) is 0. The van der Waals surface area contributed by atoms with E-state index in [4.69, 9.17) is 11.6 Å². The molecule has 0 saturated carbocycles. The van der Waals surface area contributed by atoms with Gasteiger partial charge in [0.1, 0.15) is 12.1 Å². The molecule has 2 N–H and O–H groups in total. The molecule has 1 saturated heterocycles. The number of benzene rings is 3. The fourth-order valence-electron chi connectivity index (χ4n) is 3.86. The zero-order valence-electron chi connectivity index (χ0n) is 17.5. The van der Waals surface area contributed by atoms with Crippen LogP contribution in [0.2, 0.25) is 5.02 Å². The molecule has 7 heteroatoms. The summed E-state index contributed by atoms with van der Waals surface area (Å²) < 4.78 is 0. The van der Waals surface area contributed by atoms with E-state index in [2.05, 4.69) is 10.6 Å². The van der Waals surface area contributed by atoms with Crippen molar-refractivity contribution in [3.05, 3.63) is 89.4 Å². The Bertz CT molecular complexity index is 1150. The minimum Gasteiger partial charge on any atom is -0.325 e. The first-order chi connectivity index (χ1) is 15.4. The fourth-order valence-corrected chi connectivity index (χ4v) is 3.99. The standard InChI is InChI=1S/C25H22ClN3O3/c1-2-25(19-10-12-20(26)13-11-19)23(31)29(24(32)28-25)16-22(30)27-21-14-8-18(9-15-21)17-6-4-3-5-7-17/h3-15H,2,16H2,1H3,(H,27,30)(H,28,32). The van der Waals surface area contributed by atoms with Crippen molar-refractivity contribution in [3.63, 3.8) is 0 Å². The van der Waals surface area contributed by atoms with Crippen LogP contribution < -0.4 is 10.6 Å². The van der Waals surface area contributed by atoms with Gasteiger partial charge in [0.15, 0.2) is 0 Å². The summed E-state index contributed by atoms with van der Waals surface area (Å²) in [6.45, 7) is 1.44. The Labute approximate surface area is 191 Å². The molecule has 0 aliphatic carbocycles. The van der Waals surface area contributed by atoms with Gasteiger partial charge in [-0.2, -0.15) is 0 Å². The number of halogens is 1. The molecule has 1 atom stereocenters. The van der Waals surface area contributed by atoms with Crippen molar-refractivity contribution >= 4 is 35.1 Å². The lowest BCUT2D eigenvalue weighted by Crippen LogP contribution is -2.44. The number of imide groups is 1. The summed E-state index contributed by atoms with van der Waals surface area (Å²) in [5, 5.41) is 6.05. The van der Waals surface area contributed by atoms with Crippen molar-refractivity contribution in [2.75, 3.05) is 11.9 Å². The van der Waals surface area contributed by atoms with E-state index in [9.17, 15) is 14.4 Å².